The maximum atomic E-state index is 9.67. The number of rotatable bonds is 7. The van der Waals surface area contributed by atoms with Crippen molar-refractivity contribution in [1.82, 2.24) is 0 Å². The van der Waals surface area contributed by atoms with Gasteiger partial charge in [0.1, 0.15) is 0 Å². The Kier molecular flexibility index (Phi) is 8.31. The molecule has 1 N–H and O–H groups in total. The van der Waals surface area contributed by atoms with Gasteiger partial charge in [0, 0.05) is 0 Å². The molecule has 0 aromatic carbocycles. The van der Waals surface area contributed by atoms with Crippen LogP contribution < -0.4 is 0 Å². The van der Waals surface area contributed by atoms with Gasteiger partial charge in [-0.05, 0) is 86.9 Å². The average molecular weight is 365 g/mol. The highest BCUT2D eigenvalue weighted by Gasteiger charge is 2.37. The van der Waals surface area contributed by atoms with Gasteiger partial charge in [0.15, 0.2) is 0 Å². The molecule has 3 aliphatic rings. The first-order valence-corrected chi connectivity index (χ1v) is 12.0. The molecule has 1 atom stereocenters. The fourth-order valence-corrected chi connectivity index (χ4v) is 6.78. The van der Waals surface area contributed by atoms with E-state index in [-0.39, 0.29) is 6.10 Å². The Morgan fingerprint density at radius 2 is 1.15 bits per heavy atom. The minimum Gasteiger partial charge on any atom is -0.252 e. The topological polar surface area (TPSA) is 29.5 Å². The van der Waals surface area contributed by atoms with E-state index < -0.39 is 0 Å². The SMILES string of the molecule is CCCC1CCC(C(OO)C2CCC(C3CCC(CC)CC3)CC2)CC1. The van der Waals surface area contributed by atoms with Gasteiger partial charge in [-0.2, -0.15) is 0 Å². The molecule has 1 unspecified atom stereocenters. The van der Waals surface area contributed by atoms with Crippen LogP contribution in [-0.2, 0) is 4.89 Å². The van der Waals surface area contributed by atoms with E-state index in [4.69, 9.17) is 4.89 Å². The molecule has 3 saturated carbocycles. The van der Waals surface area contributed by atoms with Crippen molar-refractivity contribution in [3.05, 3.63) is 0 Å². The van der Waals surface area contributed by atoms with Crippen LogP contribution in [0.3, 0.4) is 0 Å². The zero-order valence-corrected chi connectivity index (χ0v) is 17.5. The van der Waals surface area contributed by atoms with E-state index in [1.807, 2.05) is 0 Å². The van der Waals surface area contributed by atoms with Crippen molar-refractivity contribution in [2.75, 3.05) is 0 Å². The van der Waals surface area contributed by atoms with E-state index in [9.17, 15) is 5.26 Å². The summed E-state index contributed by atoms with van der Waals surface area (Å²) in [4.78, 5) is 5.13. The quantitative estimate of drug-likeness (QED) is 0.375. The van der Waals surface area contributed by atoms with Gasteiger partial charge in [0.25, 0.3) is 0 Å². The van der Waals surface area contributed by atoms with Crippen LogP contribution in [0.2, 0.25) is 0 Å². The highest BCUT2D eigenvalue weighted by atomic mass is 17.1. The molecule has 0 aromatic heterocycles. The Labute approximate surface area is 162 Å². The summed E-state index contributed by atoms with van der Waals surface area (Å²) >= 11 is 0. The van der Waals surface area contributed by atoms with Gasteiger partial charge in [0.05, 0.1) is 6.10 Å². The lowest BCUT2D eigenvalue weighted by Gasteiger charge is -2.41. The van der Waals surface area contributed by atoms with Crippen LogP contribution in [-0.4, -0.2) is 11.4 Å². The van der Waals surface area contributed by atoms with Gasteiger partial charge in [-0.15, -0.1) is 0 Å². The second kappa shape index (κ2) is 10.5. The minimum absolute atomic E-state index is 0.120. The summed E-state index contributed by atoms with van der Waals surface area (Å²) in [6.45, 7) is 4.67. The highest BCUT2D eigenvalue weighted by molar-refractivity contribution is 4.87. The summed E-state index contributed by atoms with van der Waals surface area (Å²) in [6, 6.07) is 0. The van der Waals surface area contributed by atoms with E-state index in [0.717, 1.165) is 23.7 Å². The third-order valence-electron chi connectivity index (χ3n) is 8.59. The van der Waals surface area contributed by atoms with Gasteiger partial charge in [0.2, 0.25) is 0 Å². The molecule has 0 aliphatic heterocycles. The van der Waals surface area contributed by atoms with Crippen molar-refractivity contribution in [1.29, 1.82) is 0 Å². The lowest BCUT2D eigenvalue weighted by Crippen LogP contribution is -2.37. The first kappa shape index (κ1) is 20.6. The maximum absolute atomic E-state index is 9.67. The molecule has 152 valence electrons. The zero-order valence-electron chi connectivity index (χ0n) is 17.5. The molecule has 2 heteroatoms. The second-order valence-corrected chi connectivity index (χ2v) is 10.0. The molecule has 0 spiro atoms. The molecular weight excluding hydrogens is 320 g/mol. The summed E-state index contributed by atoms with van der Waals surface area (Å²) in [6.07, 6.45) is 20.7. The Balaban J connectivity index is 1.43. The molecule has 3 rings (SSSR count). The van der Waals surface area contributed by atoms with E-state index >= 15 is 0 Å². The summed E-state index contributed by atoms with van der Waals surface area (Å²) < 4.78 is 0. The van der Waals surface area contributed by atoms with Crippen LogP contribution >= 0.6 is 0 Å². The van der Waals surface area contributed by atoms with Crippen LogP contribution in [0.1, 0.15) is 110 Å². The van der Waals surface area contributed by atoms with Gasteiger partial charge in [-0.3, -0.25) is 5.26 Å². The van der Waals surface area contributed by atoms with Crippen LogP contribution in [0.4, 0.5) is 0 Å². The molecule has 2 nitrogen and oxygen atoms in total. The monoisotopic (exact) mass is 364 g/mol. The lowest BCUT2D eigenvalue weighted by molar-refractivity contribution is -0.307. The van der Waals surface area contributed by atoms with Gasteiger partial charge in [-0.1, -0.05) is 58.8 Å². The predicted octanol–water partition coefficient (Wildman–Crippen LogP) is 7.47. The average Bonchev–Trinajstić information content (AvgIpc) is 2.71. The summed E-state index contributed by atoms with van der Waals surface area (Å²) in [5, 5.41) is 9.67. The largest absolute Gasteiger partial charge is 0.252 e. The van der Waals surface area contributed by atoms with Crippen molar-refractivity contribution < 1.29 is 10.1 Å². The molecule has 3 fully saturated rings. The third-order valence-corrected chi connectivity index (χ3v) is 8.59. The first-order valence-electron chi connectivity index (χ1n) is 12.0. The molecule has 26 heavy (non-hydrogen) atoms. The van der Waals surface area contributed by atoms with Crippen molar-refractivity contribution in [2.24, 2.45) is 35.5 Å². The number of hydrogen-bond donors (Lipinski definition) is 1. The lowest BCUT2D eigenvalue weighted by atomic mass is 9.66. The van der Waals surface area contributed by atoms with Crippen LogP contribution in [0.5, 0.6) is 0 Å². The second-order valence-electron chi connectivity index (χ2n) is 10.0. The van der Waals surface area contributed by atoms with Gasteiger partial charge in [-0.25, -0.2) is 4.89 Å². The van der Waals surface area contributed by atoms with E-state index in [1.54, 1.807) is 0 Å². The maximum Gasteiger partial charge on any atom is 0.0983 e. The molecule has 0 radical (unpaired) electrons. The minimum atomic E-state index is 0.120. The zero-order chi connectivity index (χ0) is 18.4. The Morgan fingerprint density at radius 3 is 1.62 bits per heavy atom. The third kappa shape index (κ3) is 5.25. The summed E-state index contributed by atoms with van der Waals surface area (Å²) in [7, 11) is 0. The van der Waals surface area contributed by atoms with Crippen molar-refractivity contribution in [2.45, 2.75) is 116 Å². The van der Waals surface area contributed by atoms with E-state index in [2.05, 4.69) is 13.8 Å². The highest BCUT2D eigenvalue weighted by Crippen LogP contribution is 2.45. The molecule has 0 aromatic rings. The Bertz CT molecular complexity index is 372. The van der Waals surface area contributed by atoms with E-state index in [1.165, 1.54) is 96.3 Å². The first-order chi connectivity index (χ1) is 12.7. The van der Waals surface area contributed by atoms with Gasteiger partial charge < -0.3 is 0 Å². The number of hydrogen-bond acceptors (Lipinski definition) is 2. The summed E-state index contributed by atoms with van der Waals surface area (Å²) in [5.74, 6) is 5.12. The molecule has 0 bridgehead atoms. The predicted molar refractivity (Wildman–Crippen MR) is 109 cm³/mol. The molecular formula is C24H44O2. The van der Waals surface area contributed by atoms with Crippen molar-refractivity contribution in [3.63, 3.8) is 0 Å². The summed E-state index contributed by atoms with van der Waals surface area (Å²) in [5.41, 5.74) is 0. The molecule has 0 heterocycles. The fourth-order valence-electron chi connectivity index (χ4n) is 6.78. The van der Waals surface area contributed by atoms with Crippen LogP contribution in [0, 0.1) is 35.5 Å². The fraction of sp³-hybridized carbons (Fsp3) is 1.00. The van der Waals surface area contributed by atoms with Crippen molar-refractivity contribution >= 4 is 0 Å². The normalized spacial score (nSPS) is 40.3. The standard InChI is InChI=1S/C24H44O2/c1-3-5-19-8-12-22(13-9-19)24(26-25)23-16-14-21(15-17-23)20-10-6-18(4-2)7-11-20/h18-25H,3-17H2,1-2H3. The van der Waals surface area contributed by atoms with Gasteiger partial charge >= 0.3 is 0 Å². The molecule has 0 amide bonds. The Morgan fingerprint density at radius 1 is 0.692 bits per heavy atom. The van der Waals surface area contributed by atoms with E-state index in [0.29, 0.717) is 11.8 Å². The Hall–Kier alpha value is -0.0800. The van der Waals surface area contributed by atoms with Crippen LogP contribution in [0.25, 0.3) is 0 Å². The smallest absolute Gasteiger partial charge is 0.0983 e. The molecule has 3 aliphatic carbocycles. The van der Waals surface area contributed by atoms with Crippen molar-refractivity contribution in [3.8, 4) is 0 Å². The molecule has 0 saturated heterocycles. The van der Waals surface area contributed by atoms with Crippen LogP contribution in [0.15, 0.2) is 0 Å².